The second-order valence-electron chi connectivity index (χ2n) is 5.17. The Kier molecular flexibility index (Phi) is 5.17. The number of phenols is 2. The zero-order valence-corrected chi connectivity index (χ0v) is 12.9. The van der Waals surface area contributed by atoms with Gasteiger partial charge in [-0.3, -0.25) is 4.79 Å². The Morgan fingerprint density at radius 1 is 1.25 bits per heavy atom. The highest BCUT2D eigenvalue weighted by atomic mass is 19.1. The van der Waals surface area contributed by atoms with Crippen molar-refractivity contribution in [3.05, 3.63) is 65.0 Å². The number of amides is 1. The topological polar surface area (TPSA) is 84.6 Å². The van der Waals surface area contributed by atoms with Crippen molar-refractivity contribution in [2.45, 2.75) is 6.54 Å². The Morgan fingerprint density at radius 2 is 1.96 bits per heavy atom. The van der Waals surface area contributed by atoms with E-state index in [1.165, 1.54) is 42.3 Å². The number of nitrogens with zero attached hydrogens (tertiary/aromatic N) is 2. The fourth-order valence-corrected chi connectivity index (χ4v) is 2.10. The number of hydrogen-bond donors (Lipinski definition) is 2. The number of rotatable bonds is 4. The Bertz CT molecular complexity index is 840. The first kappa shape index (κ1) is 17.0. The van der Waals surface area contributed by atoms with Gasteiger partial charge in [-0.1, -0.05) is 24.3 Å². The number of halogens is 1. The molecule has 0 aliphatic carbocycles. The molecule has 0 saturated heterocycles. The highest BCUT2D eigenvalue weighted by molar-refractivity contribution is 6.01. The van der Waals surface area contributed by atoms with Crippen molar-refractivity contribution in [3.63, 3.8) is 0 Å². The molecular weight excluding hydrogens is 311 g/mol. The lowest BCUT2D eigenvalue weighted by atomic mass is 10.1. The molecule has 0 heterocycles. The fourth-order valence-electron chi connectivity index (χ4n) is 2.10. The average Bonchev–Trinajstić information content (AvgIpc) is 2.57. The molecule has 5 nitrogen and oxygen atoms in total. The maximum absolute atomic E-state index is 13.7. The minimum atomic E-state index is -0.576. The van der Waals surface area contributed by atoms with Crippen molar-refractivity contribution in [3.8, 4) is 17.6 Å². The highest BCUT2D eigenvalue weighted by Gasteiger charge is 2.16. The molecule has 122 valence electrons. The first-order valence-corrected chi connectivity index (χ1v) is 7.05. The number of hydrogen-bond acceptors (Lipinski definition) is 4. The zero-order valence-electron chi connectivity index (χ0n) is 12.9. The van der Waals surface area contributed by atoms with E-state index >= 15 is 0 Å². The van der Waals surface area contributed by atoms with Crippen LogP contribution in [0.4, 0.5) is 4.39 Å². The van der Waals surface area contributed by atoms with Gasteiger partial charge < -0.3 is 15.1 Å². The lowest BCUT2D eigenvalue weighted by Gasteiger charge is -2.17. The van der Waals surface area contributed by atoms with Gasteiger partial charge in [0.25, 0.3) is 5.91 Å². The molecule has 0 radical (unpaired) electrons. The summed E-state index contributed by atoms with van der Waals surface area (Å²) in [7, 11) is 1.47. The van der Waals surface area contributed by atoms with E-state index in [1.807, 2.05) is 0 Å². The summed E-state index contributed by atoms with van der Waals surface area (Å²) >= 11 is 0. The Balaban J connectivity index is 2.21. The van der Waals surface area contributed by atoms with Crippen LogP contribution in [-0.2, 0) is 11.3 Å². The molecular formula is C18H15FN2O3. The van der Waals surface area contributed by atoms with Crippen molar-refractivity contribution in [2.75, 3.05) is 7.05 Å². The van der Waals surface area contributed by atoms with Gasteiger partial charge in [-0.15, -0.1) is 0 Å². The molecule has 6 heteroatoms. The van der Waals surface area contributed by atoms with E-state index in [0.717, 1.165) is 0 Å². The van der Waals surface area contributed by atoms with Gasteiger partial charge in [0.05, 0.1) is 0 Å². The summed E-state index contributed by atoms with van der Waals surface area (Å²) < 4.78 is 13.7. The Morgan fingerprint density at radius 3 is 2.58 bits per heavy atom. The predicted octanol–water partition coefficient (Wildman–Crippen LogP) is 2.80. The maximum atomic E-state index is 13.7. The molecule has 0 unspecified atom stereocenters. The molecule has 0 bridgehead atoms. The van der Waals surface area contributed by atoms with Gasteiger partial charge >= 0.3 is 0 Å². The van der Waals surface area contributed by atoms with Crippen LogP contribution in [0.5, 0.6) is 11.5 Å². The molecule has 24 heavy (non-hydrogen) atoms. The minimum absolute atomic E-state index is 0.0192. The molecule has 0 aliphatic heterocycles. The van der Waals surface area contributed by atoms with Crippen LogP contribution < -0.4 is 0 Å². The van der Waals surface area contributed by atoms with Gasteiger partial charge in [0.2, 0.25) is 0 Å². The molecule has 0 spiro atoms. The molecule has 1 amide bonds. The highest BCUT2D eigenvalue weighted by Crippen LogP contribution is 2.26. The van der Waals surface area contributed by atoms with Crippen molar-refractivity contribution < 1.29 is 19.4 Å². The number of nitriles is 1. The van der Waals surface area contributed by atoms with Gasteiger partial charge in [0.1, 0.15) is 17.5 Å². The SMILES string of the molecule is CN(Cc1ccccc1F)C(=O)/C(C#N)=C/c1ccc(O)c(O)c1. The molecule has 0 aliphatic rings. The van der Waals surface area contributed by atoms with E-state index in [0.29, 0.717) is 11.1 Å². The Labute approximate surface area is 138 Å². The first-order valence-electron chi connectivity index (χ1n) is 7.05. The van der Waals surface area contributed by atoms with Gasteiger partial charge in [-0.2, -0.15) is 5.26 Å². The third kappa shape index (κ3) is 3.90. The predicted molar refractivity (Wildman–Crippen MR) is 86.2 cm³/mol. The van der Waals surface area contributed by atoms with Crippen molar-refractivity contribution in [1.29, 1.82) is 5.26 Å². The van der Waals surface area contributed by atoms with Gasteiger partial charge in [0.15, 0.2) is 11.5 Å². The average molecular weight is 326 g/mol. The molecule has 2 aromatic carbocycles. The third-order valence-electron chi connectivity index (χ3n) is 3.37. The van der Waals surface area contributed by atoms with E-state index in [1.54, 1.807) is 24.3 Å². The quantitative estimate of drug-likeness (QED) is 0.514. The van der Waals surface area contributed by atoms with Crippen LogP contribution in [0, 0.1) is 17.1 Å². The summed E-state index contributed by atoms with van der Waals surface area (Å²) in [5.41, 5.74) is 0.557. The van der Waals surface area contributed by atoms with Crippen LogP contribution in [0.15, 0.2) is 48.0 Å². The molecule has 2 rings (SSSR count). The maximum Gasteiger partial charge on any atom is 0.264 e. The van der Waals surface area contributed by atoms with Crippen LogP contribution >= 0.6 is 0 Å². The molecule has 0 atom stereocenters. The van der Waals surface area contributed by atoms with E-state index in [9.17, 15) is 24.7 Å². The van der Waals surface area contributed by atoms with Crippen molar-refractivity contribution in [2.24, 2.45) is 0 Å². The van der Waals surface area contributed by atoms with Crippen LogP contribution in [0.3, 0.4) is 0 Å². The standard InChI is InChI=1S/C18H15FN2O3/c1-21(11-13-4-2-3-5-15(13)19)18(24)14(10-20)8-12-6-7-16(22)17(23)9-12/h2-9,22-23H,11H2,1H3/b14-8+. The molecule has 0 aromatic heterocycles. The minimum Gasteiger partial charge on any atom is -0.504 e. The fraction of sp³-hybridized carbons (Fsp3) is 0.111. The molecule has 0 fully saturated rings. The zero-order chi connectivity index (χ0) is 17.7. The summed E-state index contributed by atoms with van der Waals surface area (Å²) in [6.07, 6.45) is 1.29. The van der Waals surface area contributed by atoms with E-state index in [-0.39, 0.29) is 23.6 Å². The second kappa shape index (κ2) is 7.29. The largest absolute Gasteiger partial charge is 0.504 e. The van der Waals surface area contributed by atoms with Crippen molar-refractivity contribution in [1.82, 2.24) is 4.90 Å². The molecule has 0 saturated carbocycles. The van der Waals surface area contributed by atoms with Gasteiger partial charge in [-0.25, -0.2) is 4.39 Å². The number of carbonyl (C=O) groups is 1. The number of benzene rings is 2. The van der Waals surface area contributed by atoms with Crippen LogP contribution in [0.2, 0.25) is 0 Å². The lowest BCUT2D eigenvalue weighted by molar-refractivity contribution is -0.125. The van der Waals surface area contributed by atoms with Crippen LogP contribution in [0.1, 0.15) is 11.1 Å². The van der Waals surface area contributed by atoms with Crippen LogP contribution in [0.25, 0.3) is 6.08 Å². The summed E-state index contributed by atoms with van der Waals surface area (Å²) in [4.78, 5) is 13.6. The van der Waals surface area contributed by atoms with Gasteiger partial charge in [0, 0.05) is 19.2 Å². The van der Waals surface area contributed by atoms with E-state index in [4.69, 9.17) is 0 Å². The molecule has 2 aromatic rings. The number of aromatic hydroxyl groups is 2. The summed E-state index contributed by atoms with van der Waals surface area (Å²) in [5.74, 6) is -1.65. The molecule has 2 N–H and O–H groups in total. The van der Waals surface area contributed by atoms with Crippen LogP contribution in [-0.4, -0.2) is 28.1 Å². The van der Waals surface area contributed by atoms with Gasteiger partial charge in [-0.05, 0) is 29.8 Å². The summed E-state index contributed by atoms with van der Waals surface area (Å²) in [6, 6.07) is 11.8. The first-order chi connectivity index (χ1) is 11.4. The smallest absolute Gasteiger partial charge is 0.264 e. The number of likely N-dealkylation sites (N-methyl/N-ethyl adjacent to an activating group) is 1. The third-order valence-corrected chi connectivity index (χ3v) is 3.37. The summed E-state index contributed by atoms with van der Waals surface area (Å²) in [6.45, 7) is 0.0192. The summed E-state index contributed by atoms with van der Waals surface area (Å²) in [5, 5.41) is 27.9. The normalized spacial score (nSPS) is 11.0. The Hall–Kier alpha value is -3.33. The number of phenolic OH excluding ortho intramolecular Hbond substituents is 2. The monoisotopic (exact) mass is 326 g/mol. The number of carbonyl (C=O) groups excluding carboxylic acids is 1. The van der Waals surface area contributed by atoms with Crippen molar-refractivity contribution >= 4 is 12.0 Å². The van der Waals surface area contributed by atoms with E-state index < -0.39 is 11.7 Å². The second-order valence-corrected chi connectivity index (χ2v) is 5.17. The van der Waals surface area contributed by atoms with E-state index in [2.05, 4.69) is 0 Å². The lowest BCUT2D eigenvalue weighted by Crippen LogP contribution is -2.27.